The first-order valence-corrected chi connectivity index (χ1v) is 30.5. The van der Waals surface area contributed by atoms with Gasteiger partial charge in [0.05, 0.1) is 25.4 Å². The molecule has 0 aromatic rings. The van der Waals surface area contributed by atoms with Crippen molar-refractivity contribution in [3.8, 4) is 0 Å². The van der Waals surface area contributed by atoms with Crippen LogP contribution in [0.15, 0.2) is 134 Å². The minimum atomic E-state index is -1.64. The van der Waals surface area contributed by atoms with Gasteiger partial charge in [-0.15, -0.1) is 0 Å². The molecule has 1 aliphatic heterocycles. The third-order valence-corrected chi connectivity index (χ3v) is 13.4. The molecular weight excluding hydrogens is 979 g/mol. The van der Waals surface area contributed by atoms with Crippen LogP contribution in [0.5, 0.6) is 0 Å². The number of allylic oxidation sites excluding steroid dienone is 21. The maximum absolute atomic E-state index is 13.3. The number of carbonyl (C=O) groups is 2. The van der Waals surface area contributed by atoms with Crippen LogP contribution in [0.4, 0.5) is 0 Å². The molecule has 0 aromatic carbocycles. The minimum Gasteiger partial charge on any atom is -0.454 e. The van der Waals surface area contributed by atoms with Crippen LogP contribution in [-0.2, 0) is 23.8 Å². The summed E-state index contributed by atoms with van der Waals surface area (Å²) in [5, 5.41) is 56.8. The van der Waals surface area contributed by atoms with E-state index in [1.165, 1.54) is 70.6 Å². The number of hydrogen-bond donors (Lipinski definition) is 6. The van der Waals surface area contributed by atoms with Gasteiger partial charge in [0.2, 0.25) is 5.91 Å². The third-order valence-electron chi connectivity index (χ3n) is 13.4. The summed E-state index contributed by atoms with van der Waals surface area (Å²) < 4.78 is 17.6. The maximum Gasteiger partial charge on any atom is 0.306 e. The summed E-state index contributed by atoms with van der Waals surface area (Å²) in [7, 11) is 0. The number of aliphatic hydroxyl groups excluding tert-OH is 5. The van der Waals surface area contributed by atoms with Gasteiger partial charge in [0.15, 0.2) is 12.4 Å². The van der Waals surface area contributed by atoms with Gasteiger partial charge in [-0.25, -0.2) is 0 Å². The van der Waals surface area contributed by atoms with Crippen LogP contribution < -0.4 is 5.32 Å². The Morgan fingerprint density at radius 2 is 0.987 bits per heavy atom. The molecule has 8 unspecified atom stereocenters. The van der Waals surface area contributed by atoms with Crippen LogP contribution in [0.25, 0.3) is 0 Å². The molecular formula is C67H109NO10. The Morgan fingerprint density at radius 3 is 1.51 bits per heavy atom. The Kier molecular flexibility index (Phi) is 49.2. The van der Waals surface area contributed by atoms with Crippen LogP contribution in [0, 0.1) is 0 Å². The quantitative estimate of drug-likeness (QED) is 0.0149. The van der Waals surface area contributed by atoms with E-state index in [1.54, 1.807) is 6.08 Å². The van der Waals surface area contributed by atoms with Crippen molar-refractivity contribution in [2.45, 2.75) is 262 Å². The smallest absolute Gasteiger partial charge is 0.306 e. The summed E-state index contributed by atoms with van der Waals surface area (Å²) in [6.07, 6.45) is 65.1. The number of hydrogen-bond acceptors (Lipinski definition) is 10. The lowest BCUT2D eigenvalue weighted by atomic mass is 9.99. The number of rotatable bonds is 49. The van der Waals surface area contributed by atoms with Gasteiger partial charge in [-0.1, -0.05) is 257 Å². The Morgan fingerprint density at radius 1 is 0.526 bits per heavy atom. The van der Waals surface area contributed by atoms with Crippen molar-refractivity contribution in [2.24, 2.45) is 0 Å². The third kappa shape index (κ3) is 40.9. The van der Waals surface area contributed by atoms with E-state index in [2.05, 4.69) is 92.9 Å². The van der Waals surface area contributed by atoms with Gasteiger partial charge in [-0.2, -0.15) is 0 Å². The number of ether oxygens (including phenoxy) is 3. The van der Waals surface area contributed by atoms with Crippen molar-refractivity contribution in [2.75, 3.05) is 13.2 Å². The number of aliphatic hydroxyl groups is 5. The molecule has 0 spiro atoms. The minimum absolute atomic E-state index is 0.0989. The van der Waals surface area contributed by atoms with Crippen molar-refractivity contribution in [1.29, 1.82) is 0 Å². The molecule has 8 atom stereocenters. The first kappa shape index (κ1) is 71.8. The number of amides is 1. The Bertz CT molecular complexity index is 1770. The number of carbonyl (C=O) groups excluding carboxylic acids is 2. The van der Waals surface area contributed by atoms with Gasteiger partial charge in [0.25, 0.3) is 0 Å². The van der Waals surface area contributed by atoms with E-state index in [-0.39, 0.29) is 19.4 Å². The predicted octanol–water partition coefficient (Wildman–Crippen LogP) is 14.4. The van der Waals surface area contributed by atoms with E-state index in [1.807, 2.05) is 60.8 Å². The molecule has 0 aliphatic carbocycles. The highest BCUT2D eigenvalue weighted by Crippen LogP contribution is 2.26. The summed E-state index contributed by atoms with van der Waals surface area (Å²) in [5.74, 6) is -1.29. The first-order valence-electron chi connectivity index (χ1n) is 30.5. The van der Waals surface area contributed by atoms with E-state index in [0.717, 1.165) is 96.3 Å². The monoisotopic (exact) mass is 1090 g/mol. The zero-order valence-corrected chi connectivity index (χ0v) is 48.7. The molecule has 0 aromatic heterocycles. The molecule has 11 nitrogen and oxygen atoms in total. The van der Waals surface area contributed by atoms with Gasteiger partial charge in [0.1, 0.15) is 24.4 Å². The van der Waals surface area contributed by atoms with E-state index >= 15 is 0 Å². The molecule has 6 N–H and O–H groups in total. The Balaban J connectivity index is 2.66. The molecule has 11 heteroatoms. The van der Waals surface area contributed by atoms with Crippen molar-refractivity contribution in [1.82, 2.24) is 5.32 Å². The molecule has 442 valence electrons. The van der Waals surface area contributed by atoms with E-state index in [0.29, 0.717) is 12.8 Å². The Hall–Kier alpha value is -4.20. The van der Waals surface area contributed by atoms with Crippen LogP contribution in [0.2, 0.25) is 0 Å². The lowest BCUT2D eigenvalue weighted by Gasteiger charge is -2.41. The highest BCUT2D eigenvalue weighted by molar-refractivity contribution is 5.80. The first-order chi connectivity index (χ1) is 38.2. The predicted molar refractivity (Wildman–Crippen MR) is 324 cm³/mol. The van der Waals surface area contributed by atoms with Crippen LogP contribution in [0.1, 0.15) is 213 Å². The molecule has 0 saturated carbocycles. The lowest BCUT2D eigenvalue weighted by Crippen LogP contribution is -2.61. The summed E-state index contributed by atoms with van der Waals surface area (Å²) in [6.45, 7) is 5.45. The van der Waals surface area contributed by atoms with Gasteiger partial charge < -0.3 is 45.1 Å². The average Bonchev–Trinajstić information content (AvgIpc) is 3.44. The second-order valence-electron chi connectivity index (χ2n) is 20.4. The summed E-state index contributed by atoms with van der Waals surface area (Å²) in [5.41, 5.74) is 0. The van der Waals surface area contributed by atoms with Crippen molar-refractivity contribution in [3.05, 3.63) is 134 Å². The van der Waals surface area contributed by atoms with E-state index in [4.69, 9.17) is 14.2 Å². The molecule has 78 heavy (non-hydrogen) atoms. The number of nitrogens with one attached hydrogen (secondary N) is 1. The van der Waals surface area contributed by atoms with E-state index in [9.17, 15) is 35.1 Å². The van der Waals surface area contributed by atoms with Crippen LogP contribution in [-0.4, -0.2) is 99.6 Å². The second-order valence-corrected chi connectivity index (χ2v) is 20.4. The van der Waals surface area contributed by atoms with Gasteiger partial charge >= 0.3 is 5.97 Å². The summed E-state index contributed by atoms with van der Waals surface area (Å²) >= 11 is 0. The van der Waals surface area contributed by atoms with Crippen molar-refractivity contribution in [3.63, 3.8) is 0 Å². The van der Waals surface area contributed by atoms with Crippen molar-refractivity contribution < 1.29 is 49.3 Å². The van der Waals surface area contributed by atoms with Crippen molar-refractivity contribution >= 4 is 11.9 Å². The fourth-order valence-corrected chi connectivity index (χ4v) is 8.65. The molecule has 0 bridgehead atoms. The average molecular weight is 1090 g/mol. The topological polar surface area (TPSA) is 175 Å². The normalized spacial score (nSPS) is 19.9. The van der Waals surface area contributed by atoms with Crippen LogP contribution in [0.3, 0.4) is 0 Å². The van der Waals surface area contributed by atoms with Gasteiger partial charge in [-0.3, -0.25) is 9.59 Å². The molecule has 1 fully saturated rings. The highest BCUT2D eigenvalue weighted by atomic mass is 16.7. The summed E-state index contributed by atoms with van der Waals surface area (Å²) in [4.78, 5) is 26.5. The molecule has 1 rings (SSSR count). The Labute approximate surface area is 473 Å². The molecule has 1 amide bonds. The fourth-order valence-electron chi connectivity index (χ4n) is 8.65. The van der Waals surface area contributed by atoms with Crippen LogP contribution >= 0.6 is 0 Å². The number of unbranched alkanes of at least 4 members (excludes halogenated alkanes) is 19. The standard InChI is InChI=1S/C67H109NO10/c1-4-7-10-13-16-19-22-25-26-27-28-29-30-31-32-33-34-35-36-37-40-43-46-49-52-55-62(72)78-65-64(74)63(73)61(56-69)77-67(65)76-57-58(59(70)53-50-47-44-41-38-23-20-17-14-11-8-5-2)68-66(75)60(71)54-51-48-45-42-39-24-21-18-15-12-9-6-3/h7,9-10,12,15-16,18-19,21,24-26,28-29,31-32,39,42,45,48,50,53,58-61,63-65,67,69-71,73-74H,4-6,8,11,13-14,17,20,22-23,27,30,33-38,40-41,43-44,46-47,49,51-52,54-57H2,1-3H3,(H,68,75)/b10-7-,12-9+,18-15+,19-16-,24-21-,26-25-,29-28-,32-31-,42-39-,48-45+,53-50+. The SMILES string of the molecule is CC/C=C\C/C=C\C/C=C\C/C=C\C/C=C\CCCCCCCCCCCC(=O)OC1C(OCC(NC(=O)C(O)CC/C=C/C=C\C=C/C=C/C=C/CC)C(O)/C=C/CCCCCCCCCCCC)OC(CO)C(O)C1O. The van der Waals surface area contributed by atoms with Gasteiger partial charge in [0, 0.05) is 6.42 Å². The van der Waals surface area contributed by atoms with Gasteiger partial charge in [-0.05, 0) is 83.5 Å². The molecule has 0 radical (unpaired) electrons. The highest BCUT2D eigenvalue weighted by Gasteiger charge is 2.47. The van der Waals surface area contributed by atoms with E-state index < -0.39 is 67.4 Å². The fraction of sp³-hybridized carbons (Fsp3) is 0.642. The zero-order chi connectivity index (χ0) is 56.8. The maximum atomic E-state index is 13.3. The lowest BCUT2D eigenvalue weighted by molar-refractivity contribution is -0.305. The largest absolute Gasteiger partial charge is 0.454 e. The number of esters is 1. The zero-order valence-electron chi connectivity index (χ0n) is 48.7. The second kappa shape index (κ2) is 53.4. The molecule has 1 aliphatic rings. The molecule has 1 saturated heterocycles. The summed E-state index contributed by atoms with van der Waals surface area (Å²) in [6, 6.07) is -1.07. The molecule has 1 heterocycles.